The van der Waals surface area contributed by atoms with E-state index in [-0.39, 0.29) is 17.0 Å². The van der Waals surface area contributed by atoms with Gasteiger partial charge in [-0.2, -0.15) is 4.31 Å². The molecule has 0 aliphatic carbocycles. The van der Waals surface area contributed by atoms with E-state index in [1.807, 2.05) is 31.2 Å². The van der Waals surface area contributed by atoms with E-state index in [9.17, 15) is 13.2 Å². The van der Waals surface area contributed by atoms with Crippen LogP contribution in [0.25, 0.3) is 0 Å². The van der Waals surface area contributed by atoms with E-state index in [0.29, 0.717) is 0 Å². The average molecular weight is 333 g/mol. The van der Waals surface area contributed by atoms with Crippen molar-refractivity contribution in [3.63, 3.8) is 0 Å². The first-order valence-corrected chi connectivity index (χ1v) is 8.49. The molecule has 0 fully saturated rings. The standard InChI is InChI=1S/C17H19NO4S/c1-13-6-4-7-14(10-13)12-18(2)23(20,21)16-9-5-8-15(11-16)17(19)22-3/h4-11H,12H2,1-3H3. The molecule has 2 aromatic rings. The number of nitrogens with zero attached hydrogens (tertiary/aromatic N) is 1. The molecule has 0 aliphatic heterocycles. The predicted molar refractivity (Wildman–Crippen MR) is 87.6 cm³/mol. The Kier molecular flexibility index (Phi) is 5.18. The molecule has 2 aromatic carbocycles. The number of rotatable bonds is 5. The highest BCUT2D eigenvalue weighted by atomic mass is 32.2. The maximum Gasteiger partial charge on any atom is 0.337 e. The number of methoxy groups -OCH3 is 1. The van der Waals surface area contributed by atoms with E-state index >= 15 is 0 Å². The highest BCUT2D eigenvalue weighted by molar-refractivity contribution is 7.89. The molecule has 23 heavy (non-hydrogen) atoms. The van der Waals surface area contributed by atoms with Crippen LogP contribution in [0.5, 0.6) is 0 Å². The summed E-state index contributed by atoms with van der Waals surface area (Å²) >= 11 is 0. The smallest absolute Gasteiger partial charge is 0.337 e. The van der Waals surface area contributed by atoms with Gasteiger partial charge in [0, 0.05) is 13.6 Å². The second-order valence-corrected chi connectivity index (χ2v) is 7.31. The molecular formula is C17H19NO4S. The fraction of sp³-hybridized carbons (Fsp3) is 0.235. The normalized spacial score (nSPS) is 11.5. The van der Waals surface area contributed by atoms with Crippen LogP contribution in [0.3, 0.4) is 0 Å². The van der Waals surface area contributed by atoms with Gasteiger partial charge >= 0.3 is 5.97 Å². The maximum atomic E-state index is 12.7. The number of ether oxygens (including phenoxy) is 1. The van der Waals surface area contributed by atoms with E-state index in [0.717, 1.165) is 11.1 Å². The molecule has 0 aromatic heterocycles. The van der Waals surface area contributed by atoms with E-state index in [1.54, 1.807) is 0 Å². The number of esters is 1. The van der Waals surface area contributed by atoms with Gasteiger partial charge in [-0.3, -0.25) is 0 Å². The summed E-state index contributed by atoms with van der Waals surface area (Å²) < 4.78 is 31.2. The van der Waals surface area contributed by atoms with Gasteiger partial charge in [-0.25, -0.2) is 13.2 Å². The van der Waals surface area contributed by atoms with Crippen molar-refractivity contribution in [1.29, 1.82) is 0 Å². The summed E-state index contributed by atoms with van der Waals surface area (Å²) in [5.74, 6) is -0.566. The molecule has 0 amide bonds. The van der Waals surface area contributed by atoms with Crippen molar-refractivity contribution in [3.8, 4) is 0 Å². The highest BCUT2D eigenvalue weighted by Crippen LogP contribution is 2.19. The first-order chi connectivity index (χ1) is 10.8. The predicted octanol–water partition coefficient (Wildman–Crippen LogP) is 2.60. The lowest BCUT2D eigenvalue weighted by Gasteiger charge is -2.18. The molecular weight excluding hydrogens is 314 g/mol. The van der Waals surface area contributed by atoms with Crippen LogP contribution in [-0.4, -0.2) is 32.8 Å². The molecule has 0 radical (unpaired) electrons. The van der Waals surface area contributed by atoms with Crippen molar-refractivity contribution in [2.24, 2.45) is 0 Å². The number of hydrogen-bond donors (Lipinski definition) is 0. The minimum absolute atomic E-state index is 0.0653. The van der Waals surface area contributed by atoms with Crippen molar-refractivity contribution >= 4 is 16.0 Å². The fourth-order valence-corrected chi connectivity index (χ4v) is 3.44. The molecule has 0 aliphatic rings. The largest absolute Gasteiger partial charge is 0.465 e. The monoisotopic (exact) mass is 333 g/mol. The molecule has 0 N–H and O–H groups in total. The molecule has 0 saturated carbocycles. The Morgan fingerprint density at radius 2 is 1.83 bits per heavy atom. The van der Waals surface area contributed by atoms with E-state index in [4.69, 9.17) is 0 Å². The topological polar surface area (TPSA) is 63.7 Å². The average Bonchev–Trinajstić information content (AvgIpc) is 2.54. The van der Waals surface area contributed by atoms with Crippen LogP contribution in [0.15, 0.2) is 53.4 Å². The Morgan fingerprint density at radius 1 is 1.13 bits per heavy atom. The third-order valence-corrected chi connectivity index (χ3v) is 5.25. The second-order valence-electron chi connectivity index (χ2n) is 5.27. The van der Waals surface area contributed by atoms with Crippen LogP contribution in [0.1, 0.15) is 21.5 Å². The Labute approximate surface area is 136 Å². The van der Waals surface area contributed by atoms with Gasteiger partial charge in [0.2, 0.25) is 10.0 Å². The summed E-state index contributed by atoms with van der Waals surface area (Å²) in [5, 5.41) is 0. The van der Waals surface area contributed by atoms with Crippen molar-refractivity contribution in [3.05, 3.63) is 65.2 Å². The minimum atomic E-state index is -3.69. The lowest BCUT2D eigenvalue weighted by molar-refractivity contribution is 0.0600. The third kappa shape index (κ3) is 3.97. The van der Waals surface area contributed by atoms with Crippen LogP contribution in [0.2, 0.25) is 0 Å². The zero-order chi connectivity index (χ0) is 17.0. The van der Waals surface area contributed by atoms with Crippen molar-refractivity contribution in [2.45, 2.75) is 18.4 Å². The summed E-state index contributed by atoms with van der Waals surface area (Å²) in [6, 6.07) is 13.5. The summed E-state index contributed by atoms with van der Waals surface area (Å²) in [6.45, 7) is 2.21. The Morgan fingerprint density at radius 3 is 2.48 bits per heavy atom. The van der Waals surface area contributed by atoms with Gasteiger partial charge in [-0.1, -0.05) is 35.9 Å². The first kappa shape index (κ1) is 17.2. The van der Waals surface area contributed by atoms with Crippen LogP contribution in [0.4, 0.5) is 0 Å². The number of hydrogen-bond acceptors (Lipinski definition) is 4. The molecule has 0 bridgehead atoms. The minimum Gasteiger partial charge on any atom is -0.465 e. The molecule has 0 heterocycles. The van der Waals surface area contributed by atoms with Gasteiger partial charge in [0.25, 0.3) is 0 Å². The highest BCUT2D eigenvalue weighted by Gasteiger charge is 2.22. The SMILES string of the molecule is COC(=O)c1cccc(S(=O)(=O)N(C)Cc2cccc(C)c2)c1. The van der Waals surface area contributed by atoms with Gasteiger partial charge < -0.3 is 4.74 Å². The zero-order valence-electron chi connectivity index (χ0n) is 13.3. The number of carbonyl (C=O) groups excluding carboxylic acids is 1. The van der Waals surface area contributed by atoms with Crippen molar-refractivity contribution < 1.29 is 17.9 Å². The van der Waals surface area contributed by atoms with Crippen LogP contribution in [0, 0.1) is 6.92 Å². The van der Waals surface area contributed by atoms with Gasteiger partial charge in [0.05, 0.1) is 17.6 Å². The Hall–Kier alpha value is -2.18. The number of carbonyl (C=O) groups is 1. The van der Waals surface area contributed by atoms with Crippen molar-refractivity contribution in [1.82, 2.24) is 4.31 Å². The number of aryl methyl sites for hydroxylation is 1. The summed E-state index contributed by atoms with van der Waals surface area (Å²) in [7, 11) is -0.915. The maximum absolute atomic E-state index is 12.7. The quantitative estimate of drug-likeness (QED) is 0.789. The molecule has 0 atom stereocenters. The van der Waals surface area contributed by atoms with Crippen LogP contribution >= 0.6 is 0 Å². The molecule has 0 unspecified atom stereocenters. The van der Waals surface area contributed by atoms with Gasteiger partial charge in [-0.05, 0) is 30.7 Å². The molecule has 6 heteroatoms. The van der Waals surface area contributed by atoms with E-state index in [2.05, 4.69) is 4.74 Å². The van der Waals surface area contributed by atoms with Gasteiger partial charge in [0.1, 0.15) is 0 Å². The van der Waals surface area contributed by atoms with Crippen molar-refractivity contribution in [2.75, 3.05) is 14.2 Å². The van der Waals surface area contributed by atoms with Crippen LogP contribution in [-0.2, 0) is 21.3 Å². The zero-order valence-corrected chi connectivity index (χ0v) is 14.1. The Bertz CT molecular complexity index is 815. The molecule has 2 rings (SSSR count). The summed E-state index contributed by atoms with van der Waals surface area (Å²) in [5.41, 5.74) is 2.18. The fourth-order valence-electron chi connectivity index (χ4n) is 2.23. The summed E-state index contributed by atoms with van der Waals surface area (Å²) in [6.07, 6.45) is 0. The molecule has 0 spiro atoms. The number of benzene rings is 2. The van der Waals surface area contributed by atoms with Crippen LogP contribution < -0.4 is 0 Å². The van der Waals surface area contributed by atoms with Gasteiger partial charge in [0.15, 0.2) is 0 Å². The first-order valence-electron chi connectivity index (χ1n) is 7.05. The second kappa shape index (κ2) is 6.93. The van der Waals surface area contributed by atoms with Gasteiger partial charge in [-0.15, -0.1) is 0 Å². The van der Waals surface area contributed by atoms with E-state index < -0.39 is 16.0 Å². The van der Waals surface area contributed by atoms with E-state index in [1.165, 1.54) is 42.7 Å². The Balaban J connectivity index is 2.28. The lowest BCUT2D eigenvalue weighted by Crippen LogP contribution is -2.26. The molecule has 0 saturated heterocycles. The summed E-state index contributed by atoms with van der Waals surface area (Å²) in [4.78, 5) is 11.6. The molecule has 5 nitrogen and oxygen atoms in total. The lowest BCUT2D eigenvalue weighted by atomic mass is 10.1. The molecule has 122 valence electrons. The third-order valence-electron chi connectivity index (χ3n) is 3.45. The number of sulfonamides is 1.